The molecular weight excluding hydrogens is 557 g/mol. The van der Waals surface area contributed by atoms with E-state index in [0.717, 1.165) is 38.5 Å². The number of nitrogens with two attached hydrogens (primary N) is 1. The molecule has 0 aliphatic heterocycles. The summed E-state index contributed by atoms with van der Waals surface area (Å²) in [6, 6.07) is 0. The number of phosphoric ester groups is 1. The first-order valence-corrected chi connectivity index (χ1v) is 18.2. The third-order valence-electron chi connectivity index (χ3n) is 6.90. The van der Waals surface area contributed by atoms with Crippen LogP contribution in [0, 0.1) is 0 Å². The fourth-order valence-electron chi connectivity index (χ4n) is 4.39. The largest absolute Gasteiger partial charge is 0.472 e. The van der Waals surface area contributed by atoms with Gasteiger partial charge in [0.1, 0.15) is 6.61 Å². The lowest BCUT2D eigenvalue weighted by atomic mass is 10.1. The van der Waals surface area contributed by atoms with Gasteiger partial charge in [-0.3, -0.25) is 18.6 Å². The average Bonchev–Trinajstić information content (AvgIpc) is 2.97. The SMILES string of the molecule is CCCCCCCCC/C=C\CCCCCCCCCC(=O)OC(COC(=O)CCCCC)COP(=O)(O)OCCN. The summed E-state index contributed by atoms with van der Waals surface area (Å²) in [6.07, 6.45) is 26.1. The number of allylic oxidation sites excluding steroid dienone is 2. The number of ether oxygens (including phenoxy) is 2. The summed E-state index contributed by atoms with van der Waals surface area (Å²) >= 11 is 0. The molecule has 0 heterocycles. The van der Waals surface area contributed by atoms with E-state index in [1.54, 1.807) is 0 Å². The standard InChI is InChI=1S/C32H62NO8P/c1-3-5-7-8-9-10-11-12-13-14-15-16-17-18-19-20-21-23-25-32(35)41-30(28-38-31(34)24-22-6-4-2)29-40-42(36,37)39-27-26-33/h13-14,30H,3-12,15-29,33H2,1-2H3,(H,36,37)/b14-13-. The first-order valence-electron chi connectivity index (χ1n) is 16.7. The third-order valence-corrected chi connectivity index (χ3v) is 7.89. The van der Waals surface area contributed by atoms with Crippen molar-refractivity contribution in [1.82, 2.24) is 0 Å². The fraction of sp³-hybridized carbons (Fsp3) is 0.875. The highest BCUT2D eigenvalue weighted by Crippen LogP contribution is 2.43. The minimum atomic E-state index is -4.35. The van der Waals surface area contributed by atoms with Crippen molar-refractivity contribution in [1.29, 1.82) is 0 Å². The molecule has 0 saturated carbocycles. The number of phosphoric acid groups is 1. The summed E-state index contributed by atoms with van der Waals surface area (Å²) in [6.45, 7) is 3.52. The van der Waals surface area contributed by atoms with Crippen molar-refractivity contribution in [3.8, 4) is 0 Å². The van der Waals surface area contributed by atoms with E-state index in [2.05, 4.69) is 19.1 Å². The highest BCUT2D eigenvalue weighted by molar-refractivity contribution is 7.47. The first-order chi connectivity index (χ1) is 20.3. The zero-order valence-electron chi connectivity index (χ0n) is 26.7. The van der Waals surface area contributed by atoms with Gasteiger partial charge in [0.15, 0.2) is 6.10 Å². The molecule has 3 N–H and O–H groups in total. The summed E-state index contributed by atoms with van der Waals surface area (Å²) in [4.78, 5) is 34.1. The quantitative estimate of drug-likeness (QED) is 0.0340. The molecule has 2 atom stereocenters. The van der Waals surface area contributed by atoms with Gasteiger partial charge < -0.3 is 20.1 Å². The summed E-state index contributed by atoms with van der Waals surface area (Å²) in [7, 11) is -4.35. The summed E-state index contributed by atoms with van der Waals surface area (Å²) in [5.74, 6) is -0.861. The van der Waals surface area contributed by atoms with E-state index >= 15 is 0 Å². The summed E-state index contributed by atoms with van der Waals surface area (Å²) < 4.78 is 32.2. The lowest BCUT2D eigenvalue weighted by molar-refractivity contribution is -0.161. The number of hydrogen-bond acceptors (Lipinski definition) is 8. The van der Waals surface area contributed by atoms with Crippen molar-refractivity contribution in [3.05, 3.63) is 12.2 Å². The number of unbranched alkanes of at least 4 members (excludes halogenated alkanes) is 16. The van der Waals surface area contributed by atoms with Gasteiger partial charge in [0.2, 0.25) is 0 Å². The maximum atomic E-state index is 12.4. The zero-order chi connectivity index (χ0) is 31.2. The van der Waals surface area contributed by atoms with Gasteiger partial charge in [0.25, 0.3) is 0 Å². The Morgan fingerprint density at radius 2 is 1.17 bits per heavy atom. The smallest absolute Gasteiger partial charge is 0.462 e. The monoisotopic (exact) mass is 619 g/mol. The van der Waals surface area contributed by atoms with Crippen molar-refractivity contribution >= 4 is 19.8 Å². The van der Waals surface area contributed by atoms with Gasteiger partial charge in [-0.1, -0.05) is 109 Å². The van der Waals surface area contributed by atoms with Gasteiger partial charge in [0, 0.05) is 19.4 Å². The molecule has 0 aromatic rings. The van der Waals surface area contributed by atoms with Crippen LogP contribution in [0.25, 0.3) is 0 Å². The van der Waals surface area contributed by atoms with Gasteiger partial charge >= 0.3 is 19.8 Å². The molecule has 9 nitrogen and oxygen atoms in total. The predicted octanol–water partition coefficient (Wildman–Crippen LogP) is 8.32. The molecule has 0 aromatic heterocycles. The van der Waals surface area contributed by atoms with Crippen LogP contribution in [0.5, 0.6) is 0 Å². The number of hydrogen-bond donors (Lipinski definition) is 2. The van der Waals surface area contributed by atoms with E-state index in [4.69, 9.17) is 24.3 Å². The second kappa shape index (κ2) is 29.8. The number of rotatable bonds is 31. The minimum absolute atomic E-state index is 0.0540. The van der Waals surface area contributed by atoms with E-state index in [1.807, 2.05) is 6.92 Å². The van der Waals surface area contributed by atoms with E-state index < -0.39 is 32.5 Å². The second-order valence-corrected chi connectivity index (χ2v) is 12.5. The number of carbonyl (C=O) groups is 2. The lowest BCUT2D eigenvalue weighted by Gasteiger charge is -2.19. The molecule has 248 valence electrons. The average molecular weight is 620 g/mol. The normalized spacial score (nSPS) is 13.7. The molecule has 0 amide bonds. The Morgan fingerprint density at radius 1 is 0.690 bits per heavy atom. The van der Waals surface area contributed by atoms with Crippen molar-refractivity contribution in [2.45, 2.75) is 155 Å². The maximum absolute atomic E-state index is 12.4. The number of carbonyl (C=O) groups excluding carboxylic acids is 2. The van der Waals surface area contributed by atoms with Crippen LogP contribution in [0.2, 0.25) is 0 Å². The molecule has 0 saturated heterocycles. The molecule has 0 rings (SSSR count). The van der Waals surface area contributed by atoms with Crippen LogP contribution >= 0.6 is 7.82 Å². The van der Waals surface area contributed by atoms with Crippen LogP contribution in [0.1, 0.15) is 149 Å². The molecule has 0 fully saturated rings. The topological polar surface area (TPSA) is 134 Å². The van der Waals surface area contributed by atoms with Crippen molar-refractivity contribution in [3.63, 3.8) is 0 Å². The molecule has 0 radical (unpaired) electrons. The zero-order valence-corrected chi connectivity index (χ0v) is 27.6. The Hall–Kier alpha value is -1.25. The molecule has 0 spiro atoms. The van der Waals surface area contributed by atoms with E-state index in [0.29, 0.717) is 12.8 Å². The van der Waals surface area contributed by atoms with E-state index in [9.17, 15) is 19.0 Å². The first kappa shape index (κ1) is 40.8. The van der Waals surface area contributed by atoms with Gasteiger partial charge in [-0.15, -0.1) is 0 Å². The molecule has 0 aliphatic rings. The van der Waals surface area contributed by atoms with Crippen molar-refractivity contribution in [2.75, 3.05) is 26.4 Å². The van der Waals surface area contributed by atoms with Crippen LogP contribution < -0.4 is 5.73 Å². The Labute approximate surface area is 256 Å². The van der Waals surface area contributed by atoms with Crippen LogP contribution in [0.3, 0.4) is 0 Å². The molecular formula is C32H62NO8P. The van der Waals surface area contributed by atoms with Crippen LogP contribution in [0.15, 0.2) is 12.2 Å². The third kappa shape index (κ3) is 28.9. The van der Waals surface area contributed by atoms with Crippen LogP contribution in [-0.2, 0) is 32.7 Å². The highest BCUT2D eigenvalue weighted by Gasteiger charge is 2.25. The highest BCUT2D eigenvalue weighted by atomic mass is 31.2. The predicted molar refractivity (Wildman–Crippen MR) is 169 cm³/mol. The van der Waals surface area contributed by atoms with Gasteiger partial charge in [-0.05, 0) is 38.5 Å². The van der Waals surface area contributed by atoms with Crippen molar-refractivity contribution < 1.29 is 37.6 Å². The Balaban J connectivity index is 4.04. The Bertz CT molecular complexity index is 719. The maximum Gasteiger partial charge on any atom is 0.472 e. The van der Waals surface area contributed by atoms with Gasteiger partial charge in [-0.2, -0.15) is 0 Å². The fourth-order valence-corrected chi connectivity index (χ4v) is 5.16. The Kier molecular flexibility index (Phi) is 28.9. The molecule has 0 aromatic carbocycles. The molecule has 0 aliphatic carbocycles. The lowest BCUT2D eigenvalue weighted by Crippen LogP contribution is -2.29. The summed E-state index contributed by atoms with van der Waals surface area (Å²) in [5.41, 5.74) is 5.29. The van der Waals surface area contributed by atoms with Gasteiger partial charge in [-0.25, -0.2) is 4.57 Å². The summed E-state index contributed by atoms with van der Waals surface area (Å²) in [5, 5.41) is 0. The minimum Gasteiger partial charge on any atom is -0.462 e. The van der Waals surface area contributed by atoms with Crippen molar-refractivity contribution in [2.24, 2.45) is 5.73 Å². The van der Waals surface area contributed by atoms with Crippen LogP contribution in [-0.4, -0.2) is 49.3 Å². The molecule has 42 heavy (non-hydrogen) atoms. The Morgan fingerprint density at radius 3 is 1.74 bits per heavy atom. The van der Waals surface area contributed by atoms with Crippen LogP contribution in [0.4, 0.5) is 0 Å². The van der Waals surface area contributed by atoms with Gasteiger partial charge in [0.05, 0.1) is 13.2 Å². The second-order valence-electron chi connectivity index (χ2n) is 11.0. The number of esters is 2. The van der Waals surface area contributed by atoms with E-state index in [1.165, 1.54) is 70.6 Å². The molecule has 0 bridgehead atoms. The molecule has 10 heteroatoms. The van der Waals surface area contributed by atoms with E-state index in [-0.39, 0.29) is 32.6 Å². The molecule has 2 unspecified atom stereocenters.